The van der Waals surface area contributed by atoms with Gasteiger partial charge in [-0.05, 0) is 37.5 Å². The number of amides is 2. The van der Waals surface area contributed by atoms with Gasteiger partial charge in [0.2, 0.25) is 0 Å². The Morgan fingerprint density at radius 3 is 2.41 bits per heavy atom. The van der Waals surface area contributed by atoms with E-state index in [1.165, 1.54) is 11.0 Å². The summed E-state index contributed by atoms with van der Waals surface area (Å²) in [6, 6.07) is 3.62. The Morgan fingerprint density at radius 2 is 1.95 bits per heavy atom. The summed E-state index contributed by atoms with van der Waals surface area (Å²) >= 11 is 0. The number of benzene rings is 1. The molecule has 0 radical (unpaired) electrons. The first kappa shape index (κ1) is 18.4. The number of halogens is 1. The molecular weight excluding hydrogens is 287 g/mol. The van der Waals surface area contributed by atoms with Crippen LogP contribution in [0.4, 0.5) is 14.9 Å². The quantitative estimate of drug-likeness (QED) is 0.756. The predicted octanol–water partition coefficient (Wildman–Crippen LogP) is 2.54. The average molecular weight is 312 g/mol. The van der Waals surface area contributed by atoms with Crippen LogP contribution in [0.25, 0.3) is 0 Å². The molecule has 2 amide bonds. The third-order valence-corrected chi connectivity index (χ3v) is 3.39. The van der Waals surface area contributed by atoms with Crippen molar-refractivity contribution < 1.29 is 19.4 Å². The standard InChI is InChI=1S/C16H25FN2O3/c1-10(2)14-6-5-13(7-15(14)17)18-16(22)19(8-12(4)21)11(3)9-20/h5-7,10-12,20-21H,8-9H2,1-4H3,(H,18,22)/t11-,12-/m1/s1. The van der Waals surface area contributed by atoms with Crippen molar-refractivity contribution in [3.05, 3.63) is 29.6 Å². The van der Waals surface area contributed by atoms with E-state index in [1.807, 2.05) is 13.8 Å². The first-order chi connectivity index (χ1) is 10.3. The Kier molecular flexibility index (Phi) is 6.77. The van der Waals surface area contributed by atoms with E-state index in [0.29, 0.717) is 11.3 Å². The first-order valence-corrected chi connectivity index (χ1v) is 7.42. The number of urea groups is 1. The number of nitrogens with zero attached hydrogens (tertiary/aromatic N) is 1. The lowest BCUT2D eigenvalue weighted by Crippen LogP contribution is -2.46. The van der Waals surface area contributed by atoms with E-state index in [2.05, 4.69) is 5.32 Å². The predicted molar refractivity (Wildman–Crippen MR) is 84.4 cm³/mol. The number of rotatable bonds is 6. The van der Waals surface area contributed by atoms with Crippen molar-refractivity contribution in [3.63, 3.8) is 0 Å². The van der Waals surface area contributed by atoms with E-state index in [0.717, 1.165) is 0 Å². The fourth-order valence-corrected chi connectivity index (χ4v) is 2.11. The normalized spacial score (nSPS) is 13.8. The molecule has 0 unspecified atom stereocenters. The van der Waals surface area contributed by atoms with Gasteiger partial charge in [-0.3, -0.25) is 0 Å². The van der Waals surface area contributed by atoms with Gasteiger partial charge in [0.15, 0.2) is 0 Å². The largest absolute Gasteiger partial charge is 0.394 e. The molecule has 0 saturated heterocycles. The van der Waals surface area contributed by atoms with Crippen LogP contribution >= 0.6 is 0 Å². The second-order valence-electron chi connectivity index (χ2n) is 5.85. The monoisotopic (exact) mass is 312 g/mol. The molecule has 0 aliphatic heterocycles. The van der Waals surface area contributed by atoms with Crippen LogP contribution in [0.5, 0.6) is 0 Å². The Hall–Kier alpha value is -1.66. The van der Waals surface area contributed by atoms with Gasteiger partial charge < -0.3 is 20.4 Å². The van der Waals surface area contributed by atoms with Crippen molar-refractivity contribution in [2.24, 2.45) is 0 Å². The van der Waals surface area contributed by atoms with Gasteiger partial charge in [0, 0.05) is 12.2 Å². The highest BCUT2D eigenvalue weighted by Crippen LogP contribution is 2.22. The van der Waals surface area contributed by atoms with Crippen LogP contribution in [0.3, 0.4) is 0 Å². The van der Waals surface area contributed by atoms with Crippen LogP contribution < -0.4 is 5.32 Å². The number of aliphatic hydroxyl groups is 2. The summed E-state index contributed by atoms with van der Waals surface area (Å²) in [6.45, 7) is 6.88. The summed E-state index contributed by atoms with van der Waals surface area (Å²) in [5, 5.41) is 21.3. The van der Waals surface area contributed by atoms with Gasteiger partial charge in [-0.1, -0.05) is 19.9 Å². The van der Waals surface area contributed by atoms with E-state index in [9.17, 15) is 19.4 Å². The molecule has 1 rings (SSSR count). The van der Waals surface area contributed by atoms with Crippen LogP contribution in [0.1, 0.15) is 39.2 Å². The van der Waals surface area contributed by atoms with E-state index in [4.69, 9.17) is 0 Å². The third-order valence-electron chi connectivity index (χ3n) is 3.39. The Balaban J connectivity index is 2.87. The maximum absolute atomic E-state index is 13.9. The minimum absolute atomic E-state index is 0.0610. The lowest BCUT2D eigenvalue weighted by molar-refractivity contribution is 0.0994. The van der Waals surface area contributed by atoms with E-state index in [1.54, 1.807) is 26.0 Å². The van der Waals surface area contributed by atoms with Gasteiger partial charge in [-0.15, -0.1) is 0 Å². The van der Waals surface area contributed by atoms with E-state index in [-0.39, 0.29) is 24.9 Å². The molecule has 1 aromatic carbocycles. The van der Waals surface area contributed by atoms with Gasteiger partial charge in [0.05, 0.1) is 18.8 Å². The van der Waals surface area contributed by atoms with Gasteiger partial charge in [0.25, 0.3) is 0 Å². The highest BCUT2D eigenvalue weighted by molar-refractivity contribution is 5.89. The maximum atomic E-state index is 13.9. The first-order valence-electron chi connectivity index (χ1n) is 7.42. The molecular formula is C16H25FN2O3. The molecule has 0 aliphatic carbocycles. The molecule has 0 aromatic heterocycles. The fourth-order valence-electron chi connectivity index (χ4n) is 2.11. The van der Waals surface area contributed by atoms with Crippen molar-refractivity contribution >= 4 is 11.7 Å². The van der Waals surface area contributed by atoms with Crippen molar-refractivity contribution in [1.82, 2.24) is 4.90 Å². The lowest BCUT2D eigenvalue weighted by Gasteiger charge is -2.29. The van der Waals surface area contributed by atoms with Crippen molar-refractivity contribution in [1.29, 1.82) is 0 Å². The summed E-state index contributed by atoms with van der Waals surface area (Å²) in [5.74, 6) is -0.309. The summed E-state index contributed by atoms with van der Waals surface area (Å²) in [6.07, 6.45) is -0.722. The average Bonchev–Trinajstić information content (AvgIpc) is 2.43. The molecule has 5 nitrogen and oxygen atoms in total. The summed E-state index contributed by atoms with van der Waals surface area (Å²) in [5.41, 5.74) is 0.926. The van der Waals surface area contributed by atoms with Crippen LogP contribution in [0.2, 0.25) is 0 Å². The molecule has 0 spiro atoms. The summed E-state index contributed by atoms with van der Waals surface area (Å²) in [4.78, 5) is 13.6. The van der Waals surface area contributed by atoms with Gasteiger partial charge >= 0.3 is 6.03 Å². The summed E-state index contributed by atoms with van der Waals surface area (Å²) in [7, 11) is 0. The number of nitrogens with one attached hydrogen (secondary N) is 1. The zero-order valence-electron chi connectivity index (χ0n) is 13.5. The third kappa shape index (κ3) is 4.96. The molecule has 124 valence electrons. The smallest absolute Gasteiger partial charge is 0.322 e. The zero-order valence-corrected chi connectivity index (χ0v) is 13.5. The fraction of sp³-hybridized carbons (Fsp3) is 0.562. The molecule has 6 heteroatoms. The molecule has 0 fully saturated rings. The molecule has 22 heavy (non-hydrogen) atoms. The van der Waals surface area contributed by atoms with Crippen LogP contribution in [-0.2, 0) is 0 Å². The minimum atomic E-state index is -0.722. The second-order valence-corrected chi connectivity index (χ2v) is 5.85. The number of carbonyl (C=O) groups excluding carboxylic acids is 1. The minimum Gasteiger partial charge on any atom is -0.394 e. The number of carbonyl (C=O) groups is 1. The highest BCUT2D eigenvalue weighted by Gasteiger charge is 2.21. The van der Waals surface area contributed by atoms with E-state index < -0.39 is 18.2 Å². The van der Waals surface area contributed by atoms with Crippen LogP contribution in [-0.4, -0.2) is 46.4 Å². The number of hydrogen-bond acceptors (Lipinski definition) is 3. The van der Waals surface area contributed by atoms with Gasteiger partial charge in [0.1, 0.15) is 5.82 Å². The number of anilines is 1. The van der Waals surface area contributed by atoms with Gasteiger partial charge in [-0.2, -0.15) is 0 Å². The molecule has 0 bridgehead atoms. The zero-order chi connectivity index (χ0) is 16.9. The van der Waals surface area contributed by atoms with Crippen LogP contribution in [0.15, 0.2) is 18.2 Å². The molecule has 3 N–H and O–H groups in total. The highest BCUT2D eigenvalue weighted by atomic mass is 19.1. The summed E-state index contributed by atoms with van der Waals surface area (Å²) < 4.78 is 13.9. The second kappa shape index (κ2) is 8.10. The van der Waals surface area contributed by atoms with Crippen molar-refractivity contribution in [2.45, 2.75) is 45.8 Å². The SMILES string of the molecule is CC(C)c1ccc(NC(=O)N(C[C@@H](C)O)[C@H](C)CO)cc1F. The van der Waals surface area contributed by atoms with Crippen molar-refractivity contribution in [3.8, 4) is 0 Å². The van der Waals surface area contributed by atoms with Crippen molar-refractivity contribution in [2.75, 3.05) is 18.5 Å². The number of hydrogen-bond donors (Lipinski definition) is 3. The Bertz CT molecular complexity index is 506. The molecule has 2 atom stereocenters. The molecule has 1 aromatic rings. The Morgan fingerprint density at radius 1 is 1.32 bits per heavy atom. The topological polar surface area (TPSA) is 72.8 Å². The Labute approximate surface area is 130 Å². The molecule has 0 heterocycles. The lowest BCUT2D eigenvalue weighted by atomic mass is 10.0. The number of aliphatic hydroxyl groups excluding tert-OH is 2. The van der Waals surface area contributed by atoms with E-state index >= 15 is 0 Å². The van der Waals surface area contributed by atoms with Gasteiger partial charge in [-0.25, -0.2) is 9.18 Å². The molecule has 0 saturated carbocycles. The molecule has 0 aliphatic rings. The van der Waals surface area contributed by atoms with Crippen LogP contribution in [0, 0.1) is 5.82 Å². The maximum Gasteiger partial charge on any atom is 0.322 e.